The van der Waals surface area contributed by atoms with E-state index in [-0.39, 0.29) is 6.10 Å². The van der Waals surface area contributed by atoms with Crippen molar-refractivity contribution in [1.29, 1.82) is 4.78 Å². The van der Waals surface area contributed by atoms with E-state index in [0.29, 0.717) is 11.5 Å². The molecule has 3 nitrogen and oxygen atoms in total. The van der Waals surface area contributed by atoms with Crippen molar-refractivity contribution >= 4 is 9.73 Å². The van der Waals surface area contributed by atoms with Crippen molar-refractivity contribution in [3.8, 4) is 0 Å². The minimum Gasteiger partial charge on any atom is -0.378 e. The van der Waals surface area contributed by atoms with E-state index >= 15 is 0 Å². The summed E-state index contributed by atoms with van der Waals surface area (Å²) in [6.07, 6.45) is 1.87. The van der Waals surface area contributed by atoms with Crippen LogP contribution in [0.2, 0.25) is 0 Å². The van der Waals surface area contributed by atoms with Crippen LogP contribution in [0.5, 0.6) is 0 Å². The zero-order valence-electron chi connectivity index (χ0n) is 6.84. The van der Waals surface area contributed by atoms with Crippen LogP contribution in [0.1, 0.15) is 19.8 Å². The van der Waals surface area contributed by atoms with Crippen LogP contribution in [0.25, 0.3) is 0 Å². The lowest BCUT2D eigenvalue weighted by molar-refractivity contribution is 0.0567. The monoisotopic (exact) mass is 177 g/mol. The van der Waals surface area contributed by atoms with Crippen molar-refractivity contribution in [2.75, 3.05) is 18.1 Å². The molecule has 0 aromatic carbocycles. The van der Waals surface area contributed by atoms with Crippen LogP contribution >= 0.6 is 0 Å². The summed E-state index contributed by atoms with van der Waals surface area (Å²) >= 11 is 0. The molecule has 4 heteroatoms. The smallest absolute Gasteiger partial charge is 0.0593 e. The molecule has 0 bridgehead atoms. The van der Waals surface area contributed by atoms with Gasteiger partial charge in [-0.2, -0.15) is 0 Å². The third kappa shape index (κ3) is 2.79. The molecule has 0 unspecified atom stereocenters. The lowest BCUT2D eigenvalue weighted by atomic mass is 10.2. The zero-order valence-corrected chi connectivity index (χ0v) is 7.65. The highest BCUT2D eigenvalue weighted by atomic mass is 32.2. The second kappa shape index (κ2) is 3.54. The van der Waals surface area contributed by atoms with Crippen molar-refractivity contribution in [2.24, 2.45) is 0 Å². The van der Waals surface area contributed by atoms with Gasteiger partial charge in [0, 0.05) is 27.8 Å². The first-order valence-electron chi connectivity index (χ1n) is 4.00. The fourth-order valence-electron chi connectivity index (χ4n) is 1.29. The molecule has 1 fully saturated rings. The average molecular weight is 177 g/mol. The van der Waals surface area contributed by atoms with E-state index in [4.69, 9.17) is 9.52 Å². The Bertz CT molecular complexity index is 196. The van der Waals surface area contributed by atoms with Gasteiger partial charge in [0.05, 0.1) is 6.10 Å². The van der Waals surface area contributed by atoms with Gasteiger partial charge in [0.1, 0.15) is 0 Å². The summed E-state index contributed by atoms with van der Waals surface area (Å²) in [7, 11) is -2.21. The minimum atomic E-state index is -2.21. The molecule has 0 spiro atoms. The number of ether oxygens (including phenoxy) is 1. The van der Waals surface area contributed by atoms with E-state index in [9.17, 15) is 4.21 Å². The average Bonchev–Trinajstić information content (AvgIpc) is 1.94. The van der Waals surface area contributed by atoms with Gasteiger partial charge in [-0.3, -0.25) is 4.78 Å². The minimum absolute atomic E-state index is 0.264. The van der Waals surface area contributed by atoms with Crippen molar-refractivity contribution in [3.63, 3.8) is 0 Å². The number of hydrogen-bond acceptors (Lipinski definition) is 3. The van der Waals surface area contributed by atoms with E-state index in [1.807, 2.05) is 6.92 Å². The second-order valence-electron chi connectivity index (χ2n) is 2.87. The molecule has 1 aliphatic heterocycles. The van der Waals surface area contributed by atoms with Crippen LogP contribution in [-0.4, -0.2) is 28.4 Å². The summed E-state index contributed by atoms with van der Waals surface area (Å²) in [5.41, 5.74) is 0. The number of hydrogen-bond donors (Lipinski definition) is 1. The molecule has 0 saturated carbocycles. The standard InChI is InChI=1S/C7H15NO2S/c1-2-10-7-3-5-11(8,9)6-4-7/h7-8H,2-6H2,1H3. The van der Waals surface area contributed by atoms with Crippen LogP contribution in [0.15, 0.2) is 0 Å². The summed E-state index contributed by atoms with van der Waals surface area (Å²) in [5, 5.41) is 0. The van der Waals surface area contributed by atoms with Gasteiger partial charge in [0.25, 0.3) is 0 Å². The van der Waals surface area contributed by atoms with Gasteiger partial charge in [0.15, 0.2) is 0 Å². The van der Waals surface area contributed by atoms with Gasteiger partial charge in [-0.25, -0.2) is 4.21 Å². The highest BCUT2D eigenvalue weighted by Gasteiger charge is 2.20. The zero-order chi connectivity index (χ0) is 8.32. The third-order valence-corrected chi connectivity index (χ3v) is 3.73. The molecule has 0 aromatic heterocycles. The maximum Gasteiger partial charge on any atom is 0.0593 e. The Kier molecular flexibility index (Phi) is 2.90. The summed E-state index contributed by atoms with van der Waals surface area (Å²) in [6.45, 7) is 2.69. The van der Waals surface area contributed by atoms with Crippen LogP contribution in [-0.2, 0) is 14.5 Å². The van der Waals surface area contributed by atoms with Crippen molar-refractivity contribution < 1.29 is 8.95 Å². The molecule has 1 saturated heterocycles. The molecule has 0 aliphatic carbocycles. The largest absolute Gasteiger partial charge is 0.378 e. The molecule has 1 N–H and O–H groups in total. The Morgan fingerprint density at radius 1 is 1.55 bits per heavy atom. The SMILES string of the molecule is CCOC1CCS(=N)(=O)CC1. The van der Waals surface area contributed by atoms with Gasteiger partial charge in [-0.05, 0) is 19.8 Å². The summed E-state index contributed by atoms with van der Waals surface area (Å²) in [6, 6.07) is 0. The third-order valence-electron chi connectivity index (χ3n) is 1.94. The first-order chi connectivity index (χ1) is 5.14. The Balaban J connectivity index is 2.36. The number of rotatable bonds is 2. The van der Waals surface area contributed by atoms with Crippen LogP contribution < -0.4 is 0 Å². The molecule has 66 valence electrons. The van der Waals surface area contributed by atoms with E-state index in [1.165, 1.54) is 0 Å². The van der Waals surface area contributed by atoms with E-state index < -0.39 is 9.73 Å². The van der Waals surface area contributed by atoms with Crippen LogP contribution in [0, 0.1) is 4.78 Å². The number of nitrogens with one attached hydrogen (secondary N) is 1. The molecule has 0 aromatic rings. The topological polar surface area (TPSA) is 50.1 Å². The molecular formula is C7H15NO2S. The fourth-order valence-corrected chi connectivity index (χ4v) is 2.78. The maximum atomic E-state index is 11.2. The molecule has 0 atom stereocenters. The van der Waals surface area contributed by atoms with Gasteiger partial charge in [-0.1, -0.05) is 0 Å². The van der Waals surface area contributed by atoms with Gasteiger partial charge >= 0.3 is 0 Å². The summed E-state index contributed by atoms with van der Waals surface area (Å²) < 4.78 is 23.9. The highest BCUT2D eigenvalue weighted by Crippen LogP contribution is 2.15. The van der Waals surface area contributed by atoms with Crippen molar-refractivity contribution in [2.45, 2.75) is 25.9 Å². The Hall–Kier alpha value is -0.0900. The lowest BCUT2D eigenvalue weighted by Crippen LogP contribution is -2.27. The molecule has 11 heavy (non-hydrogen) atoms. The molecule has 1 heterocycles. The van der Waals surface area contributed by atoms with Crippen LogP contribution in [0.4, 0.5) is 0 Å². The summed E-state index contributed by atoms with van der Waals surface area (Å²) in [4.78, 5) is 0. The molecule has 1 rings (SSSR count). The second-order valence-corrected chi connectivity index (χ2v) is 5.31. The summed E-state index contributed by atoms with van der Waals surface area (Å²) in [5.74, 6) is 1.05. The Morgan fingerprint density at radius 3 is 2.55 bits per heavy atom. The predicted octanol–water partition coefficient (Wildman–Crippen LogP) is 1.23. The molecular weight excluding hydrogens is 162 g/mol. The normalized spacial score (nSPS) is 38.8. The Morgan fingerprint density at radius 2 is 2.09 bits per heavy atom. The van der Waals surface area contributed by atoms with E-state index in [0.717, 1.165) is 19.4 Å². The van der Waals surface area contributed by atoms with Crippen LogP contribution in [0.3, 0.4) is 0 Å². The van der Waals surface area contributed by atoms with Crippen molar-refractivity contribution in [1.82, 2.24) is 0 Å². The maximum absolute atomic E-state index is 11.2. The molecule has 0 radical (unpaired) electrons. The quantitative estimate of drug-likeness (QED) is 0.689. The first-order valence-corrected chi connectivity index (χ1v) is 5.89. The van der Waals surface area contributed by atoms with Gasteiger partial charge in [0.2, 0.25) is 0 Å². The molecule has 1 aliphatic rings. The first kappa shape index (κ1) is 9.00. The predicted molar refractivity (Wildman–Crippen MR) is 45.2 cm³/mol. The fraction of sp³-hybridized carbons (Fsp3) is 1.00. The van der Waals surface area contributed by atoms with Gasteiger partial charge in [-0.15, -0.1) is 0 Å². The highest BCUT2D eigenvalue weighted by molar-refractivity contribution is 7.92. The lowest BCUT2D eigenvalue weighted by Gasteiger charge is -2.22. The Labute approximate surface area is 68.1 Å². The van der Waals surface area contributed by atoms with Crippen molar-refractivity contribution in [3.05, 3.63) is 0 Å². The molecule has 0 amide bonds. The van der Waals surface area contributed by atoms with E-state index in [2.05, 4.69) is 0 Å². The van der Waals surface area contributed by atoms with E-state index in [1.54, 1.807) is 0 Å². The van der Waals surface area contributed by atoms with Gasteiger partial charge < -0.3 is 4.74 Å².